The third-order valence-corrected chi connectivity index (χ3v) is 2.05. The van der Waals surface area contributed by atoms with Gasteiger partial charge in [-0.05, 0) is 17.5 Å². The van der Waals surface area contributed by atoms with E-state index in [1.165, 1.54) is 12.1 Å². The van der Waals surface area contributed by atoms with Crippen molar-refractivity contribution in [2.75, 3.05) is 0 Å². The summed E-state index contributed by atoms with van der Waals surface area (Å²) in [6, 6.07) is 9.29. The minimum atomic E-state index is -0.455. The van der Waals surface area contributed by atoms with Crippen molar-refractivity contribution in [3.05, 3.63) is 46.5 Å². The smallest absolute Gasteiger partial charge is 0.270 e. The first-order chi connectivity index (χ1) is 6.68. The number of rotatable bonds is 1. The van der Waals surface area contributed by atoms with E-state index in [-0.39, 0.29) is 11.4 Å². The summed E-state index contributed by atoms with van der Waals surface area (Å²) >= 11 is 0. The van der Waals surface area contributed by atoms with Gasteiger partial charge in [0.05, 0.1) is 4.92 Å². The number of non-ortho nitro benzene ring substituents is 1. The molecule has 1 N–H and O–H groups in total. The Hall–Kier alpha value is -2.10. The number of nitro groups is 1. The van der Waals surface area contributed by atoms with Crippen LogP contribution < -0.4 is 0 Å². The van der Waals surface area contributed by atoms with E-state index in [0.29, 0.717) is 10.8 Å². The van der Waals surface area contributed by atoms with Crippen LogP contribution in [0, 0.1) is 10.1 Å². The highest BCUT2D eigenvalue weighted by molar-refractivity contribution is 5.89. The average Bonchev–Trinajstić information content (AvgIpc) is 2.17. The number of nitro benzene ring substituents is 1. The van der Waals surface area contributed by atoms with Gasteiger partial charge in [-0.15, -0.1) is 0 Å². The maximum absolute atomic E-state index is 10.5. The minimum absolute atomic E-state index is 0.0306. The number of fused-ring (bicyclic) bond motifs is 1. The number of hydrogen-bond donors (Lipinski definition) is 1. The Morgan fingerprint density at radius 3 is 2.71 bits per heavy atom. The summed E-state index contributed by atoms with van der Waals surface area (Å²) in [5.41, 5.74) is 0.0306. The topological polar surface area (TPSA) is 63.4 Å². The summed E-state index contributed by atoms with van der Waals surface area (Å²) in [7, 11) is 0. The normalized spacial score (nSPS) is 10.3. The summed E-state index contributed by atoms with van der Waals surface area (Å²) in [6.45, 7) is 0. The van der Waals surface area contributed by atoms with Crippen molar-refractivity contribution < 1.29 is 10.0 Å². The van der Waals surface area contributed by atoms with E-state index in [1.54, 1.807) is 24.3 Å². The molecule has 0 spiro atoms. The Kier molecular flexibility index (Phi) is 1.81. The lowest BCUT2D eigenvalue weighted by atomic mass is 10.1. The zero-order valence-electron chi connectivity index (χ0n) is 7.18. The van der Waals surface area contributed by atoms with E-state index in [2.05, 4.69) is 0 Å². The Morgan fingerprint density at radius 2 is 2.00 bits per heavy atom. The van der Waals surface area contributed by atoms with Crippen molar-refractivity contribution >= 4 is 16.5 Å². The van der Waals surface area contributed by atoms with Crippen LogP contribution in [0.25, 0.3) is 10.8 Å². The van der Waals surface area contributed by atoms with Gasteiger partial charge in [-0.2, -0.15) is 0 Å². The molecule has 2 aromatic rings. The molecular weight excluding hydrogens is 182 g/mol. The summed E-state index contributed by atoms with van der Waals surface area (Å²) in [5.74, 6) is 0.136. The first-order valence-corrected chi connectivity index (χ1v) is 4.04. The summed E-state index contributed by atoms with van der Waals surface area (Å²) in [6.07, 6.45) is 0. The van der Waals surface area contributed by atoms with Crippen LogP contribution in [0.4, 0.5) is 5.69 Å². The Bertz CT molecular complexity index is 508. The number of phenolic OH excluding ortho intramolecular Hbond substituents is 1. The number of benzene rings is 2. The van der Waals surface area contributed by atoms with Gasteiger partial charge in [0.1, 0.15) is 5.75 Å². The first kappa shape index (κ1) is 8.50. The van der Waals surface area contributed by atoms with E-state index in [4.69, 9.17) is 0 Å². The molecule has 0 saturated heterocycles. The zero-order chi connectivity index (χ0) is 10.1. The number of nitrogens with zero attached hydrogens (tertiary/aromatic N) is 1. The lowest BCUT2D eigenvalue weighted by molar-refractivity contribution is -0.384. The average molecular weight is 189 g/mol. The van der Waals surface area contributed by atoms with Crippen molar-refractivity contribution in [2.45, 2.75) is 0 Å². The molecule has 0 atom stereocenters. The van der Waals surface area contributed by atoms with Crippen LogP contribution in [0.15, 0.2) is 36.4 Å². The highest BCUT2D eigenvalue weighted by atomic mass is 16.6. The van der Waals surface area contributed by atoms with Crippen molar-refractivity contribution in [3.8, 4) is 5.75 Å². The summed E-state index contributed by atoms with van der Waals surface area (Å²) in [5, 5.41) is 21.2. The Morgan fingerprint density at radius 1 is 1.21 bits per heavy atom. The van der Waals surface area contributed by atoms with Crippen LogP contribution in [0.1, 0.15) is 0 Å². The fourth-order valence-corrected chi connectivity index (χ4v) is 1.37. The monoisotopic (exact) mass is 189 g/mol. The largest absolute Gasteiger partial charge is 0.507 e. The van der Waals surface area contributed by atoms with Crippen LogP contribution in [0.5, 0.6) is 5.75 Å². The van der Waals surface area contributed by atoms with Gasteiger partial charge < -0.3 is 5.11 Å². The van der Waals surface area contributed by atoms with Crippen LogP contribution >= 0.6 is 0 Å². The van der Waals surface area contributed by atoms with E-state index in [0.717, 1.165) is 0 Å². The molecule has 0 unspecified atom stereocenters. The molecule has 14 heavy (non-hydrogen) atoms. The van der Waals surface area contributed by atoms with Gasteiger partial charge in [0.2, 0.25) is 0 Å². The fourth-order valence-electron chi connectivity index (χ4n) is 1.37. The lowest BCUT2D eigenvalue weighted by Gasteiger charge is -1.99. The van der Waals surface area contributed by atoms with E-state index in [9.17, 15) is 15.2 Å². The minimum Gasteiger partial charge on any atom is -0.507 e. The first-order valence-electron chi connectivity index (χ1n) is 4.04. The number of hydrogen-bond acceptors (Lipinski definition) is 3. The second-order valence-electron chi connectivity index (χ2n) is 2.94. The molecule has 70 valence electrons. The molecule has 4 heteroatoms. The zero-order valence-corrected chi connectivity index (χ0v) is 7.18. The van der Waals surface area contributed by atoms with E-state index in [1.807, 2.05) is 0 Å². The van der Waals surface area contributed by atoms with Gasteiger partial charge in [-0.25, -0.2) is 0 Å². The van der Waals surface area contributed by atoms with E-state index >= 15 is 0 Å². The lowest BCUT2D eigenvalue weighted by Crippen LogP contribution is -1.86. The van der Waals surface area contributed by atoms with Crippen molar-refractivity contribution in [1.82, 2.24) is 0 Å². The molecule has 2 aromatic carbocycles. The van der Waals surface area contributed by atoms with Crippen molar-refractivity contribution in [2.24, 2.45) is 0 Å². The van der Waals surface area contributed by atoms with Gasteiger partial charge in [0.15, 0.2) is 0 Å². The quantitative estimate of drug-likeness (QED) is 0.553. The Balaban J connectivity index is 2.73. The molecule has 0 bridgehead atoms. The van der Waals surface area contributed by atoms with Crippen LogP contribution in [-0.4, -0.2) is 10.0 Å². The van der Waals surface area contributed by atoms with Gasteiger partial charge >= 0.3 is 0 Å². The molecule has 0 radical (unpaired) electrons. The SMILES string of the molecule is O=[N+]([O-])c1ccc2c(O)cccc2c1. The van der Waals surface area contributed by atoms with Crippen LogP contribution in [0.2, 0.25) is 0 Å². The predicted molar refractivity (Wildman–Crippen MR) is 52.3 cm³/mol. The van der Waals surface area contributed by atoms with Crippen LogP contribution in [-0.2, 0) is 0 Å². The maximum Gasteiger partial charge on any atom is 0.270 e. The summed E-state index contributed by atoms with van der Waals surface area (Å²) in [4.78, 5) is 10.0. The van der Waals surface area contributed by atoms with E-state index < -0.39 is 4.92 Å². The highest BCUT2D eigenvalue weighted by Gasteiger charge is 2.06. The molecule has 0 saturated carbocycles. The molecule has 4 nitrogen and oxygen atoms in total. The molecule has 0 aliphatic rings. The molecular formula is C10H7NO3. The maximum atomic E-state index is 10.5. The van der Waals surface area contributed by atoms with Gasteiger partial charge in [0.25, 0.3) is 5.69 Å². The predicted octanol–water partition coefficient (Wildman–Crippen LogP) is 2.45. The second-order valence-corrected chi connectivity index (χ2v) is 2.94. The molecule has 0 amide bonds. The highest BCUT2D eigenvalue weighted by Crippen LogP contribution is 2.27. The Labute approximate surface area is 79.6 Å². The molecule has 0 fully saturated rings. The molecule has 0 aromatic heterocycles. The third-order valence-electron chi connectivity index (χ3n) is 2.05. The number of phenols is 1. The molecule has 2 rings (SSSR count). The third kappa shape index (κ3) is 1.26. The van der Waals surface area contributed by atoms with Crippen LogP contribution in [0.3, 0.4) is 0 Å². The van der Waals surface area contributed by atoms with Gasteiger partial charge in [-0.1, -0.05) is 12.1 Å². The fraction of sp³-hybridized carbons (Fsp3) is 0. The number of aromatic hydroxyl groups is 1. The second kappa shape index (κ2) is 2.99. The van der Waals surface area contributed by atoms with Crippen molar-refractivity contribution in [1.29, 1.82) is 0 Å². The standard InChI is InChI=1S/C10H7NO3/c12-10-3-1-2-7-6-8(11(13)14)4-5-9(7)10/h1-6,12H. The summed E-state index contributed by atoms with van der Waals surface area (Å²) < 4.78 is 0. The van der Waals surface area contributed by atoms with Gasteiger partial charge in [0, 0.05) is 17.5 Å². The van der Waals surface area contributed by atoms with Crippen molar-refractivity contribution in [3.63, 3.8) is 0 Å². The van der Waals surface area contributed by atoms with Gasteiger partial charge in [-0.3, -0.25) is 10.1 Å². The molecule has 0 aliphatic carbocycles. The molecule has 0 heterocycles. The molecule has 0 aliphatic heterocycles.